The Kier molecular flexibility index (Phi) is 9.70. The van der Waals surface area contributed by atoms with Crippen molar-refractivity contribution in [3.8, 4) is 0 Å². The van der Waals surface area contributed by atoms with E-state index >= 15 is 0 Å². The van der Waals surface area contributed by atoms with E-state index in [1.807, 2.05) is 0 Å². The SMILES string of the molecule is O=P(O)(O)OP(=O)(O)O.[AlH3].[Fe]. The quantitative estimate of drug-likeness (QED) is 0.336. The molecule has 70 valence electrons. The van der Waals surface area contributed by atoms with Crippen LogP contribution in [0.1, 0.15) is 0 Å². The molecule has 0 aromatic heterocycles. The molecule has 0 aliphatic carbocycles. The number of phosphoric acid groups is 2. The van der Waals surface area contributed by atoms with Gasteiger partial charge in [-0.3, -0.25) is 0 Å². The van der Waals surface area contributed by atoms with Gasteiger partial charge in [0.1, 0.15) is 0 Å². The summed E-state index contributed by atoms with van der Waals surface area (Å²) in [4.78, 5) is 31.0. The van der Waals surface area contributed by atoms with Crippen molar-refractivity contribution in [1.82, 2.24) is 0 Å². The number of hydrogen-bond donors (Lipinski definition) is 4. The van der Waals surface area contributed by atoms with Gasteiger partial charge in [-0.15, -0.1) is 0 Å². The van der Waals surface area contributed by atoms with E-state index in [4.69, 9.17) is 19.6 Å². The Labute approximate surface area is 83.2 Å². The van der Waals surface area contributed by atoms with Crippen molar-refractivity contribution in [2.45, 2.75) is 0 Å². The van der Waals surface area contributed by atoms with Gasteiger partial charge in [-0.25, -0.2) is 9.13 Å². The predicted molar refractivity (Wildman–Crippen MR) is 35.1 cm³/mol. The first-order valence-corrected chi connectivity index (χ1v) is 4.59. The fourth-order valence-corrected chi connectivity index (χ4v) is 1.25. The molecule has 0 amide bonds. The summed E-state index contributed by atoms with van der Waals surface area (Å²) in [7, 11) is -10.1. The summed E-state index contributed by atoms with van der Waals surface area (Å²) in [5.41, 5.74) is 0. The molecule has 0 fully saturated rings. The molecule has 0 spiro atoms. The van der Waals surface area contributed by atoms with Gasteiger partial charge < -0.3 is 19.6 Å². The van der Waals surface area contributed by atoms with Gasteiger partial charge in [0.25, 0.3) is 0 Å². The Morgan fingerprint density at radius 1 is 0.909 bits per heavy atom. The summed E-state index contributed by atoms with van der Waals surface area (Å²) < 4.78 is 22.2. The van der Waals surface area contributed by atoms with Crippen LogP contribution in [0, 0.1) is 0 Å². The zero-order valence-corrected chi connectivity index (χ0v) is 7.15. The van der Waals surface area contributed by atoms with Crippen LogP contribution in [0.4, 0.5) is 0 Å². The largest absolute Gasteiger partial charge is 0.478 e. The van der Waals surface area contributed by atoms with Crippen molar-refractivity contribution in [1.29, 1.82) is 0 Å². The smallest absolute Gasteiger partial charge is 0.302 e. The Morgan fingerprint density at radius 2 is 1.09 bits per heavy atom. The van der Waals surface area contributed by atoms with E-state index in [1.165, 1.54) is 0 Å². The zero-order chi connectivity index (χ0) is 7.71. The molecule has 0 saturated carbocycles. The summed E-state index contributed by atoms with van der Waals surface area (Å²) >= 11 is 0. The van der Waals surface area contributed by atoms with Gasteiger partial charge in [0.15, 0.2) is 17.4 Å². The second kappa shape index (κ2) is 5.87. The van der Waals surface area contributed by atoms with Gasteiger partial charge in [-0.05, 0) is 0 Å². The van der Waals surface area contributed by atoms with E-state index in [2.05, 4.69) is 4.31 Å². The molecule has 11 heteroatoms. The third-order valence-electron chi connectivity index (χ3n) is 0.213. The van der Waals surface area contributed by atoms with Crippen molar-refractivity contribution in [3.05, 3.63) is 0 Å². The van der Waals surface area contributed by atoms with Crippen LogP contribution in [0.15, 0.2) is 0 Å². The number of hydrogen-bond acceptors (Lipinski definition) is 3. The Hall–Kier alpha value is 1.31. The molecule has 0 atom stereocenters. The van der Waals surface area contributed by atoms with Crippen LogP contribution in [0.5, 0.6) is 0 Å². The molecule has 0 bridgehead atoms. The fourth-order valence-electron chi connectivity index (χ4n) is 0.139. The van der Waals surface area contributed by atoms with E-state index in [0.717, 1.165) is 0 Å². The summed E-state index contributed by atoms with van der Waals surface area (Å²) in [5.74, 6) is 0. The van der Waals surface area contributed by atoms with Crippen molar-refractivity contribution >= 4 is 33.0 Å². The molecule has 11 heavy (non-hydrogen) atoms. The minimum Gasteiger partial charge on any atom is -0.302 e. The zero-order valence-electron chi connectivity index (χ0n) is 4.26. The molecule has 0 heterocycles. The topological polar surface area (TPSA) is 124 Å². The summed E-state index contributed by atoms with van der Waals surface area (Å²) in [5, 5.41) is 0. The normalized spacial score (nSPS) is 11.3. The molecule has 0 unspecified atom stereocenters. The second-order valence-corrected chi connectivity index (χ2v) is 3.68. The van der Waals surface area contributed by atoms with Crippen molar-refractivity contribution in [2.75, 3.05) is 0 Å². The van der Waals surface area contributed by atoms with Crippen LogP contribution >= 0.6 is 15.6 Å². The fraction of sp³-hybridized carbons (Fsp3) is 0. The van der Waals surface area contributed by atoms with Crippen molar-refractivity contribution in [2.24, 2.45) is 0 Å². The van der Waals surface area contributed by atoms with Gasteiger partial charge in [-0.1, -0.05) is 0 Å². The Balaban J connectivity index is -0.000000320. The van der Waals surface area contributed by atoms with Crippen LogP contribution in [0.2, 0.25) is 0 Å². The van der Waals surface area contributed by atoms with Gasteiger partial charge in [0.05, 0.1) is 0 Å². The first-order chi connectivity index (χ1) is 3.71. The third kappa shape index (κ3) is 18.3. The van der Waals surface area contributed by atoms with Gasteiger partial charge in [-0.2, -0.15) is 4.31 Å². The van der Waals surface area contributed by atoms with Crippen molar-refractivity contribution < 1.29 is 50.1 Å². The van der Waals surface area contributed by atoms with Gasteiger partial charge >= 0.3 is 15.6 Å². The van der Waals surface area contributed by atoms with Gasteiger partial charge in [0.2, 0.25) is 0 Å². The maximum Gasteiger partial charge on any atom is 0.478 e. The summed E-state index contributed by atoms with van der Waals surface area (Å²) in [6.07, 6.45) is 0. The van der Waals surface area contributed by atoms with E-state index in [-0.39, 0.29) is 34.4 Å². The third-order valence-corrected chi connectivity index (χ3v) is 1.91. The Bertz CT molecular complexity index is 157. The maximum absolute atomic E-state index is 9.63. The molecular weight excluding hydrogens is 257 g/mol. The monoisotopic (exact) mass is 264 g/mol. The maximum atomic E-state index is 9.63. The first kappa shape index (κ1) is 18.2. The molecule has 0 aliphatic rings. The minimum absolute atomic E-state index is 0. The van der Waals surface area contributed by atoms with E-state index < -0.39 is 15.6 Å². The molecule has 0 aromatic carbocycles. The molecule has 0 saturated heterocycles. The van der Waals surface area contributed by atoms with Gasteiger partial charge in [0, 0.05) is 17.1 Å². The minimum atomic E-state index is -5.05. The molecule has 0 radical (unpaired) electrons. The van der Waals surface area contributed by atoms with E-state index in [0.29, 0.717) is 0 Å². The van der Waals surface area contributed by atoms with E-state index in [1.54, 1.807) is 0 Å². The van der Waals surface area contributed by atoms with Crippen LogP contribution in [0.25, 0.3) is 0 Å². The molecule has 0 aliphatic heterocycles. The van der Waals surface area contributed by atoms with Crippen LogP contribution in [0.3, 0.4) is 0 Å². The average Bonchev–Trinajstić information content (AvgIpc) is 1.14. The average molecular weight is 264 g/mol. The molecular formula is H7AlFeO7P2. The molecule has 0 aromatic rings. The first-order valence-electron chi connectivity index (χ1n) is 1.53. The molecule has 7 nitrogen and oxygen atoms in total. The van der Waals surface area contributed by atoms with Crippen LogP contribution in [-0.4, -0.2) is 36.9 Å². The molecule has 4 N–H and O–H groups in total. The predicted octanol–water partition coefficient (Wildman–Crippen LogP) is -2.00. The number of rotatable bonds is 2. The molecule has 0 rings (SSSR count). The van der Waals surface area contributed by atoms with Crippen LogP contribution < -0.4 is 0 Å². The Morgan fingerprint density at radius 3 is 1.09 bits per heavy atom. The standard InChI is InChI=1S/Al.Fe.H4O7P2.3H/c;;1-8(2,3)7-9(4,5)6;;;/h;;(H2,1,2,3)(H2,4,5,6);;;. The second-order valence-electron chi connectivity index (χ2n) is 1.06. The summed E-state index contributed by atoms with van der Waals surface area (Å²) in [6, 6.07) is 0. The van der Waals surface area contributed by atoms with E-state index in [9.17, 15) is 9.13 Å². The van der Waals surface area contributed by atoms with Crippen LogP contribution in [-0.2, 0) is 30.5 Å². The summed E-state index contributed by atoms with van der Waals surface area (Å²) in [6.45, 7) is 0. The van der Waals surface area contributed by atoms with Crippen molar-refractivity contribution in [3.63, 3.8) is 0 Å².